The Labute approximate surface area is 297 Å². The van der Waals surface area contributed by atoms with E-state index in [2.05, 4.69) is 140 Å². The Kier molecular flexibility index (Phi) is 11.3. The average Bonchev–Trinajstić information content (AvgIpc) is 3.45. The van der Waals surface area contributed by atoms with Crippen molar-refractivity contribution in [2.75, 3.05) is 6.61 Å². The Morgan fingerprint density at radius 2 is 1.41 bits per heavy atom. The fraction of sp³-hybridized carbons (Fsp3) is 0.463. The van der Waals surface area contributed by atoms with Crippen LogP contribution >= 0.6 is 11.8 Å². The lowest BCUT2D eigenvalue weighted by Crippen LogP contribution is -2.67. The number of nitrogens with zero attached hydrogens (tertiary/aromatic N) is 1. The molecule has 1 saturated heterocycles. The Balaban J connectivity index is 1.58. The van der Waals surface area contributed by atoms with E-state index in [1.54, 1.807) is 17.7 Å². The first kappa shape index (κ1) is 37.1. The molecule has 49 heavy (non-hydrogen) atoms. The molecular formula is C41H54N2O4SSi. The highest BCUT2D eigenvalue weighted by atomic mass is 32.2. The Bertz CT molecular complexity index is 1770. The number of aromatic nitrogens is 2. The topological polar surface area (TPSA) is 73.3 Å². The molecule has 6 nitrogen and oxygen atoms in total. The molecule has 1 aliphatic heterocycles. The molecule has 0 saturated carbocycles. The third-order valence-corrected chi connectivity index (χ3v) is 16.3. The fourth-order valence-corrected chi connectivity index (χ4v) is 13.5. The van der Waals surface area contributed by atoms with Crippen LogP contribution in [0.2, 0.25) is 5.04 Å². The van der Waals surface area contributed by atoms with E-state index in [1.807, 2.05) is 11.8 Å². The Morgan fingerprint density at radius 1 is 0.878 bits per heavy atom. The molecule has 0 unspecified atom stereocenters. The van der Waals surface area contributed by atoms with Gasteiger partial charge in [-0.25, -0.2) is 4.79 Å². The second-order valence-corrected chi connectivity index (χ2v) is 21.0. The average molecular weight is 699 g/mol. The normalized spacial score (nSPS) is 18.6. The molecule has 0 aliphatic carbocycles. The van der Waals surface area contributed by atoms with Crippen LogP contribution in [-0.2, 0) is 9.16 Å². The van der Waals surface area contributed by atoms with E-state index in [4.69, 9.17) is 9.16 Å². The van der Waals surface area contributed by atoms with Crippen LogP contribution in [0.1, 0.15) is 115 Å². The quantitative estimate of drug-likeness (QED) is 0.160. The second kappa shape index (κ2) is 15.0. The number of H-pyrrole nitrogens is 1. The molecule has 8 heteroatoms. The number of aryl methyl sites for hydroxylation is 1. The summed E-state index contributed by atoms with van der Waals surface area (Å²) in [6, 6.07) is 26.0. The highest BCUT2D eigenvalue weighted by molar-refractivity contribution is 8.00. The molecule has 5 rings (SSSR count). The Morgan fingerprint density at radius 3 is 1.88 bits per heavy atom. The predicted octanol–water partition coefficient (Wildman–Crippen LogP) is 8.24. The number of thioether (sulfide) groups is 1. The van der Waals surface area contributed by atoms with Gasteiger partial charge in [0.25, 0.3) is 13.9 Å². The molecule has 3 atom stereocenters. The Hall–Kier alpha value is -3.17. The molecule has 3 aromatic carbocycles. The fourth-order valence-electron chi connectivity index (χ4n) is 7.11. The van der Waals surface area contributed by atoms with E-state index >= 15 is 0 Å². The number of hydrogen-bond donors (Lipinski definition) is 1. The van der Waals surface area contributed by atoms with Crippen LogP contribution in [0.5, 0.6) is 0 Å². The highest BCUT2D eigenvalue weighted by Crippen LogP contribution is 2.47. The monoisotopic (exact) mass is 698 g/mol. The van der Waals surface area contributed by atoms with Crippen molar-refractivity contribution in [1.29, 1.82) is 0 Å². The van der Waals surface area contributed by atoms with Crippen LogP contribution in [0.3, 0.4) is 0 Å². The lowest BCUT2D eigenvalue weighted by Gasteiger charge is -2.43. The van der Waals surface area contributed by atoms with Crippen LogP contribution in [0, 0.1) is 6.92 Å². The summed E-state index contributed by atoms with van der Waals surface area (Å²) >= 11 is 1.82. The van der Waals surface area contributed by atoms with E-state index in [0.717, 1.165) is 0 Å². The molecule has 4 aromatic rings. The number of rotatable bonds is 11. The van der Waals surface area contributed by atoms with Gasteiger partial charge in [0.2, 0.25) is 0 Å². The van der Waals surface area contributed by atoms with E-state index in [-0.39, 0.29) is 22.0 Å². The van der Waals surface area contributed by atoms with Crippen LogP contribution in [0.15, 0.2) is 93.5 Å². The first-order chi connectivity index (χ1) is 23.1. The molecule has 0 bridgehead atoms. The molecule has 262 valence electrons. The van der Waals surface area contributed by atoms with Gasteiger partial charge in [0.15, 0.2) is 6.23 Å². The van der Waals surface area contributed by atoms with Gasteiger partial charge in [0.05, 0.1) is 18.0 Å². The summed E-state index contributed by atoms with van der Waals surface area (Å²) in [5.41, 5.74) is 3.66. The minimum Gasteiger partial charge on any atom is -0.405 e. The van der Waals surface area contributed by atoms with Crippen molar-refractivity contribution in [2.45, 2.75) is 121 Å². The van der Waals surface area contributed by atoms with Gasteiger partial charge >= 0.3 is 5.69 Å². The van der Waals surface area contributed by atoms with Crippen LogP contribution in [-0.4, -0.2) is 35.8 Å². The molecule has 1 fully saturated rings. The van der Waals surface area contributed by atoms with Crippen LogP contribution < -0.4 is 21.6 Å². The largest absolute Gasteiger partial charge is 0.405 e. The molecular weight excluding hydrogens is 645 g/mol. The third kappa shape index (κ3) is 7.63. The summed E-state index contributed by atoms with van der Waals surface area (Å²) in [4.78, 5) is 29.6. The molecule has 2 heterocycles. The van der Waals surface area contributed by atoms with E-state index in [1.165, 1.54) is 32.0 Å². The van der Waals surface area contributed by atoms with Crippen molar-refractivity contribution in [1.82, 2.24) is 9.55 Å². The van der Waals surface area contributed by atoms with Gasteiger partial charge in [0.1, 0.15) is 0 Å². The third-order valence-electron chi connectivity index (χ3n) is 9.82. The van der Waals surface area contributed by atoms with Gasteiger partial charge in [0, 0.05) is 16.7 Å². The molecule has 1 aliphatic rings. The predicted molar refractivity (Wildman–Crippen MR) is 207 cm³/mol. The summed E-state index contributed by atoms with van der Waals surface area (Å²) in [6.45, 7) is 22.5. The minimum absolute atomic E-state index is 0.0874. The van der Waals surface area contributed by atoms with Crippen molar-refractivity contribution in [3.8, 4) is 0 Å². The van der Waals surface area contributed by atoms with Crippen molar-refractivity contribution in [3.63, 3.8) is 0 Å². The summed E-state index contributed by atoms with van der Waals surface area (Å²) in [5.74, 6) is 1.07. The SMILES string of the molecule is Cc1cn([C@@H]2O[C@H](CO[Si](c3ccccc3)(c3ccccc3)C(C)(C)C)C[C@H]2Sc2c(C(C)C)cc(C(C)C)cc2C(C)C)c(=O)[nH]c1=O. The molecule has 1 N–H and O–H groups in total. The van der Waals surface area contributed by atoms with Gasteiger partial charge in [-0.2, -0.15) is 0 Å². The number of aromatic amines is 1. The van der Waals surface area contributed by atoms with Gasteiger partial charge < -0.3 is 9.16 Å². The lowest BCUT2D eigenvalue weighted by atomic mass is 9.89. The molecule has 0 spiro atoms. The number of benzene rings is 3. The first-order valence-electron chi connectivity index (χ1n) is 17.7. The summed E-state index contributed by atoms with van der Waals surface area (Å²) in [7, 11) is -2.81. The number of ether oxygens (including phenoxy) is 1. The van der Waals surface area contributed by atoms with E-state index < -0.39 is 20.2 Å². The standard InChI is InChI=1S/C41H54N2O4SSi/c1-26(2)30-21-34(27(3)4)37(35(22-30)28(5)6)48-36-23-31(47-39(36)43-24-29(7)38(44)42-40(43)45)25-46-49(41(8,9)10,32-17-13-11-14-18-32)33-19-15-12-16-20-33/h11-22,24,26-28,31,36,39H,23,25H2,1-10H3,(H,42,44,45)/t31-,36+,39+/m0/s1. The van der Waals surface area contributed by atoms with Gasteiger partial charge in [-0.1, -0.05) is 135 Å². The molecule has 0 amide bonds. The maximum absolute atomic E-state index is 13.4. The zero-order valence-corrected chi connectivity index (χ0v) is 32.7. The first-order valence-corrected chi connectivity index (χ1v) is 20.5. The number of nitrogens with one attached hydrogen (secondary N) is 1. The smallest absolute Gasteiger partial charge is 0.330 e. The summed E-state index contributed by atoms with van der Waals surface area (Å²) in [5, 5.41) is 2.17. The minimum atomic E-state index is -2.81. The van der Waals surface area contributed by atoms with Gasteiger partial charge in [-0.3, -0.25) is 14.3 Å². The maximum atomic E-state index is 13.4. The molecule has 1 aromatic heterocycles. The van der Waals surface area contributed by atoms with Crippen molar-refractivity contribution in [3.05, 3.63) is 122 Å². The zero-order valence-electron chi connectivity index (χ0n) is 30.9. The highest BCUT2D eigenvalue weighted by Gasteiger charge is 2.51. The summed E-state index contributed by atoms with van der Waals surface area (Å²) in [6.07, 6.45) is 1.51. The van der Waals surface area contributed by atoms with Crippen LogP contribution in [0.4, 0.5) is 0 Å². The van der Waals surface area contributed by atoms with Crippen molar-refractivity contribution < 1.29 is 9.16 Å². The van der Waals surface area contributed by atoms with E-state index in [9.17, 15) is 9.59 Å². The number of hydrogen-bond acceptors (Lipinski definition) is 5. The zero-order chi connectivity index (χ0) is 35.7. The maximum Gasteiger partial charge on any atom is 0.330 e. The second-order valence-electron chi connectivity index (χ2n) is 15.5. The summed E-state index contributed by atoms with van der Waals surface area (Å²) < 4.78 is 15.8. The van der Waals surface area contributed by atoms with Crippen LogP contribution in [0.25, 0.3) is 0 Å². The van der Waals surface area contributed by atoms with Crippen molar-refractivity contribution in [2.24, 2.45) is 0 Å². The van der Waals surface area contributed by atoms with Gasteiger partial charge in [-0.15, -0.1) is 11.8 Å². The van der Waals surface area contributed by atoms with Gasteiger partial charge in [-0.05, 0) is 63.2 Å². The van der Waals surface area contributed by atoms with Crippen molar-refractivity contribution >= 4 is 30.5 Å². The van der Waals surface area contributed by atoms with E-state index in [0.29, 0.717) is 36.3 Å². The molecule has 0 radical (unpaired) electrons. The lowest BCUT2D eigenvalue weighted by molar-refractivity contribution is -0.0204.